The van der Waals surface area contributed by atoms with Crippen LogP contribution < -0.4 is 5.73 Å². The molecule has 1 atom stereocenters. The Bertz CT molecular complexity index is 434. The van der Waals surface area contributed by atoms with Gasteiger partial charge in [-0.1, -0.05) is 0 Å². The maximum atomic E-state index is 6.20. The van der Waals surface area contributed by atoms with Crippen molar-refractivity contribution in [1.29, 1.82) is 0 Å². The number of allylic oxidation sites excluding steroid dienone is 1. The first-order chi connectivity index (χ1) is 8.09. The highest BCUT2D eigenvalue weighted by atomic mass is 16.5. The van der Waals surface area contributed by atoms with Gasteiger partial charge < -0.3 is 10.5 Å². The van der Waals surface area contributed by atoms with E-state index in [1.807, 2.05) is 18.7 Å². The predicted molar refractivity (Wildman–Crippen MR) is 67.6 cm³/mol. The molecule has 1 unspecified atom stereocenters. The maximum Gasteiger partial charge on any atom is 0.109 e. The molecule has 2 N–H and O–H groups in total. The molecule has 0 amide bonds. The van der Waals surface area contributed by atoms with Crippen molar-refractivity contribution in [2.24, 2.45) is 12.8 Å². The van der Waals surface area contributed by atoms with E-state index in [1.165, 1.54) is 11.3 Å². The van der Waals surface area contributed by atoms with E-state index in [0.29, 0.717) is 0 Å². The van der Waals surface area contributed by atoms with E-state index in [4.69, 9.17) is 10.5 Å². The third-order valence-electron chi connectivity index (χ3n) is 3.41. The second-order valence-electron chi connectivity index (χ2n) is 4.68. The van der Waals surface area contributed by atoms with E-state index >= 15 is 0 Å². The second-order valence-corrected chi connectivity index (χ2v) is 4.68. The fraction of sp³-hybridized carbons (Fsp3) is 0.615. The van der Waals surface area contributed by atoms with Crippen LogP contribution in [0.15, 0.2) is 11.8 Å². The Morgan fingerprint density at radius 2 is 2.29 bits per heavy atom. The molecule has 0 spiro atoms. The maximum absolute atomic E-state index is 6.20. The van der Waals surface area contributed by atoms with Gasteiger partial charge in [-0.3, -0.25) is 4.68 Å². The number of nitrogens with zero attached hydrogens (tertiary/aromatic N) is 2. The van der Waals surface area contributed by atoms with Crippen LogP contribution in [0.5, 0.6) is 0 Å². The smallest absolute Gasteiger partial charge is 0.109 e. The van der Waals surface area contributed by atoms with E-state index in [2.05, 4.69) is 18.1 Å². The lowest BCUT2D eigenvalue weighted by Crippen LogP contribution is -2.28. The van der Waals surface area contributed by atoms with Crippen molar-refractivity contribution in [3.8, 4) is 0 Å². The topological polar surface area (TPSA) is 53.1 Å². The van der Waals surface area contributed by atoms with Crippen LogP contribution in [0.4, 0.5) is 0 Å². The van der Waals surface area contributed by atoms with Gasteiger partial charge in [0.2, 0.25) is 0 Å². The number of ether oxygens (including phenoxy) is 1. The summed E-state index contributed by atoms with van der Waals surface area (Å²) in [6.07, 6.45) is 5.10. The molecule has 0 fully saturated rings. The number of rotatable bonds is 3. The predicted octanol–water partition coefficient (Wildman–Crippen LogP) is 1.60. The van der Waals surface area contributed by atoms with Gasteiger partial charge in [0.15, 0.2) is 0 Å². The fourth-order valence-corrected chi connectivity index (χ4v) is 2.27. The van der Waals surface area contributed by atoms with Crippen molar-refractivity contribution in [1.82, 2.24) is 9.78 Å². The minimum Gasteiger partial charge on any atom is -0.497 e. The fourth-order valence-electron chi connectivity index (χ4n) is 2.27. The third kappa shape index (κ3) is 2.52. The van der Waals surface area contributed by atoms with E-state index < -0.39 is 0 Å². The molecule has 1 aliphatic heterocycles. The molecule has 0 saturated carbocycles. The molecule has 1 aromatic rings. The summed E-state index contributed by atoms with van der Waals surface area (Å²) >= 11 is 0. The van der Waals surface area contributed by atoms with Gasteiger partial charge in [0.05, 0.1) is 18.3 Å². The summed E-state index contributed by atoms with van der Waals surface area (Å²) in [6.45, 7) is 4.91. The van der Waals surface area contributed by atoms with Gasteiger partial charge in [-0.25, -0.2) is 0 Å². The minimum absolute atomic E-state index is 0.0445. The van der Waals surface area contributed by atoms with Crippen molar-refractivity contribution in [2.75, 3.05) is 6.61 Å². The highest BCUT2D eigenvalue weighted by Gasteiger charge is 2.18. The van der Waals surface area contributed by atoms with Gasteiger partial charge in [-0.05, 0) is 44.7 Å². The molecule has 2 rings (SSSR count). The van der Waals surface area contributed by atoms with Crippen molar-refractivity contribution in [3.63, 3.8) is 0 Å². The van der Waals surface area contributed by atoms with Gasteiger partial charge in [0.25, 0.3) is 0 Å². The summed E-state index contributed by atoms with van der Waals surface area (Å²) in [5, 5.41) is 4.41. The van der Waals surface area contributed by atoms with Crippen LogP contribution in [0.25, 0.3) is 0 Å². The molecule has 0 bridgehead atoms. The first-order valence-corrected chi connectivity index (χ1v) is 6.17. The zero-order valence-corrected chi connectivity index (χ0v) is 10.9. The molecular formula is C13H21N3O. The van der Waals surface area contributed by atoms with E-state index in [1.54, 1.807) is 0 Å². The van der Waals surface area contributed by atoms with Crippen LogP contribution in [0.3, 0.4) is 0 Å². The number of nitrogens with two attached hydrogens (primary N) is 1. The molecule has 1 aliphatic rings. The first kappa shape index (κ1) is 12.2. The monoisotopic (exact) mass is 235 g/mol. The molecule has 1 aromatic heterocycles. The lowest BCUT2D eigenvalue weighted by Gasteiger charge is -2.20. The molecule has 4 nitrogen and oxygen atoms in total. The standard InChI is InChI=1S/C13H21N3O/c1-9-11(10(2)16(3)15-9)8-12(14)13-6-4-5-7-17-13/h6,12H,4-5,7-8,14H2,1-3H3. The third-order valence-corrected chi connectivity index (χ3v) is 3.41. The van der Waals surface area contributed by atoms with E-state index in [9.17, 15) is 0 Å². The zero-order valence-electron chi connectivity index (χ0n) is 10.9. The lowest BCUT2D eigenvalue weighted by molar-refractivity contribution is 0.175. The lowest BCUT2D eigenvalue weighted by atomic mass is 10.0. The quantitative estimate of drug-likeness (QED) is 0.865. The molecule has 0 saturated heterocycles. The number of aromatic nitrogens is 2. The summed E-state index contributed by atoms with van der Waals surface area (Å²) < 4.78 is 7.52. The second kappa shape index (κ2) is 4.92. The van der Waals surface area contributed by atoms with Crippen LogP contribution in [0.2, 0.25) is 0 Å². The number of hydrogen-bond acceptors (Lipinski definition) is 3. The molecule has 0 aliphatic carbocycles. The molecule has 0 radical (unpaired) electrons. The highest BCUT2D eigenvalue weighted by Crippen LogP contribution is 2.19. The molecule has 4 heteroatoms. The summed E-state index contributed by atoms with van der Waals surface area (Å²) in [7, 11) is 1.97. The molecular weight excluding hydrogens is 214 g/mol. The van der Waals surface area contributed by atoms with Gasteiger partial charge in [-0.15, -0.1) is 0 Å². The Kier molecular flexibility index (Phi) is 3.52. The van der Waals surface area contributed by atoms with Crippen LogP contribution in [0, 0.1) is 13.8 Å². The Hall–Kier alpha value is -1.29. The molecule has 2 heterocycles. The minimum atomic E-state index is -0.0445. The van der Waals surface area contributed by atoms with Gasteiger partial charge in [0, 0.05) is 12.7 Å². The summed E-state index contributed by atoms with van der Waals surface area (Å²) in [6, 6.07) is -0.0445. The summed E-state index contributed by atoms with van der Waals surface area (Å²) in [5.74, 6) is 0.943. The van der Waals surface area contributed by atoms with Crippen LogP contribution in [0.1, 0.15) is 29.8 Å². The summed E-state index contributed by atoms with van der Waals surface area (Å²) in [5.41, 5.74) is 9.70. The number of aryl methyl sites for hydroxylation is 2. The molecule has 17 heavy (non-hydrogen) atoms. The largest absolute Gasteiger partial charge is 0.497 e. The van der Waals surface area contributed by atoms with Crippen LogP contribution in [-0.4, -0.2) is 22.4 Å². The average Bonchev–Trinajstić information content (AvgIpc) is 2.57. The van der Waals surface area contributed by atoms with Crippen molar-refractivity contribution in [2.45, 2.75) is 39.2 Å². The summed E-state index contributed by atoms with van der Waals surface area (Å²) in [4.78, 5) is 0. The molecule has 0 aromatic carbocycles. The Labute approximate surface area is 102 Å². The van der Waals surface area contributed by atoms with E-state index in [-0.39, 0.29) is 6.04 Å². The van der Waals surface area contributed by atoms with Crippen molar-refractivity contribution >= 4 is 0 Å². The Morgan fingerprint density at radius 1 is 1.53 bits per heavy atom. The van der Waals surface area contributed by atoms with Gasteiger partial charge in [-0.2, -0.15) is 5.10 Å². The van der Waals surface area contributed by atoms with E-state index in [0.717, 1.165) is 37.3 Å². The van der Waals surface area contributed by atoms with Crippen LogP contribution >= 0.6 is 0 Å². The normalized spacial score (nSPS) is 17.5. The highest BCUT2D eigenvalue weighted by molar-refractivity contribution is 5.27. The zero-order chi connectivity index (χ0) is 12.4. The van der Waals surface area contributed by atoms with Gasteiger partial charge in [0.1, 0.15) is 5.76 Å². The van der Waals surface area contributed by atoms with Crippen molar-refractivity contribution in [3.05, 3.63) is 28.8 Å². The first-order valence-electron chi connectivity index (χ1n) is 6.17. The van der Waals surface area contributed by atoms with Gasteiger partial charge >= 0.3 is 0 Å². The Morgan fingerprint density at radius 3 is 2.82 bits per heavy atom. The van der Waals surface area contributed by atoms with Crippen LogP contribution in [-0.2, 0) is 18.2 Å². The SMILES string of the molecule is Cc1nn(C)c(C)c1CC(N)C1=CCCCO1. The average molecular weight is 235 g/mol. The Balaban J connectivity index is 2.12. The van der Waals surface area contributed by atoms with Crippen molar-refractivity contribution < 1.29 is 4.74 Å². The molecule has 94 valence electrons. The number of hydrogen-bond donors (Lipinski definition) is 1.